The van der Waals surface area contributed by atoms with E-state index in [2.05, 4.69) is 26.6 Å². The van der Waals surface area contributed by atoms with Crippen molar-refractivity contribution in [2.75, 3.05) is 7.05 Å². The number of hydrogen-bond donors (Lipinski definition) is 6. The molecule has 0 aromatic heterocycles. The summed E-state index contributed by atoms with van der Waals surface area (Å²) in [5.74, 6) is 0. The summed E-state index contributed by atoms with van der Waals surface area (Å²) in [6.07, 6.45) is -0.583. The topological polar surface area (TPSA) is 154 Å². The second-order valence-electron chi connectivity index (χ2n) is 5.47. The van der Waals surface area contributed by atoms with Crippen molar-refractivity contribution in [1.29, 1.82) is 0 Å². The van der Waals surface area contributed by atoms with Gasteiger partial charge in [0.05, 0.1) is 9.79 Å². The van der Waals surface area contributed by atoms with E-state index < -0.39 is 26.2 Å². The van der Waals surface area contributed by atoms with Crippen LogP contribution in [-0.2, 0) is 20.0 Å². The minimum atomic E-state index is -3.98. The number of nitrogens with two attached hydrogens (primary N) is 1. The van der Waals surface area contributed by atoms with E-state index in [1.807, 2.05) is 0 Å². The van der Waals surface area contributed by atoms with E-state index in [-0.39, 0.29) is 9.79 Å². The van der Waals surface area contributed by atoms with Crippen molar-refractivity contribution in [2.45, 2.75) is 16.0 Å². The number of nitrogens with one attached hydrogen (secondary N) is 5. The van der Waals surface area contributed by atoms with E-state index in [0.717, 1.165) is 0 Å². The van der Waals surface area contributed by atoms with Gasteiger partial charge in [-0.1, -0.05) is 24.3 Å². The van der Waals surface area contributed by atoms with Gasteiger partial charge >= 0.3 is 0 Å². The predicted molar refractivity (Wildman–Crippen MR) is 94.8 cm³/mol. The molecule has 0 unspecified atom stereocenters. The summed E-state index contributed by atoms with van der Waals surface area (Å²) in [5.41, 5.74) is 12.6. The van der Waals surface area contributed by atoms with Crippen LogP contribution in [0.1, 0.15) is 11.7 Å². The predicted octanol–water partition coefficient (Wildman–Crippen LogP) is -0.975. The van der Waals surface area contributed by atoms with Crippen LogP contribution in [0, 0.1) is 0 Å². The number of rotatable bonds is 5. The van der Waals surface area contributed by atoms with Gasteiger partial charge in [-0.2, -0.15) is 11.1 Å². The highest BCUT2D eigenvalue weighted by Gasteiger charge is 2.27. The highest BCUT2D eigenvalue weighted by atomic mass is 32.2. The van der Waals surface area contributed by atoms with Crippen LogP contribution in [0.15, 0.2) is 52.3 Å². The second kappa shape index (κ2) is 7.02. The SMILES string of the molecule is CNS(=O)(=O)c1ccc(-c2cccc(S(N)(=O)=O)c2C2NNNN2)cc1. The zero-order valence-electron chi connectivity index (χ0n) is 13.6. The van der Waals surface area contributed by atoms with Crippen LogP contribution in [0.5, 0.6) is 0 Å². The Morgan fingerprint density at radius 1 is 0.962 bits per heavy atom. The molecule has 1 aliphatic heterocycles. The molecule has 1 saturated heterocycles. The summed E-state index contributed by atoms with van der Waals surface area (Å²) in [7, 11) is -6.22. The highest BCUT2D eigenvalue weighted by molar-refractivity contribution is 7.89. The molecule has 0 radical (unpaired) electrons. The van der Waals surface area contributed by atoms with Crippen molar-refractivity contribution >= 4 is 20.0 Å². The number of benzene rings is 2. The van der Waals surface area contributed by atoms with Gasteiger partial charge in [-0.05, 0) is 36.4 Å². The van der Waals surface area contributed by atoms with Crippen LogP contribution in [-0.4, -0.2) is 23.9 Å². The fraction of sp³-hybridized carbons (Fsp3) is 0.143. The van der Waals surface area contributed by atoms with Gasteiger partial charge in [-0.3, -0.25) is 0 Å². The Kier molecular flexibility index (Phi) is 5.09. The number of sulfonamides is 2. The molecule has 0 aliphatic carbocycles. The zero-order chi connectivity index (χ0) is 18.9. The van der Waals surface area contributed by atoms with Crippen LogP contribution >= 0.6 is 0 Å². The molecule has 1 fully saturated rings. The molecule has 10 nitrogen and oxygen atoms in total. The molecule has 26 heavy (non-hydrogen) atoms. The summed E-state index contributed by atoms with van der Waals surface area (Å²) < 4.78 is 50.0. The van der Waals surface area contributed by atoms with Crippen LogP contribution in [0.2, 0.25) is 0 Å². The van der Waals surface area contributed by atoms with E-state index in [1.54, 1.807) is 24.3 Å². The quantitative estimate of drug-likeness (QED) is 0.376. The fourth-order valence-electron chi connectivity index (χ4n) is 2.67. The average Bonchev–Trinajstić information content (AvgIpc) is 3.15. The first-order chi connectivity index (χ1) is 12.2. The maximum absolute atomic E-state index is 12.0. The lowest BCUT2D eigenvalue weighted by Gasteiger charge is -2.18. The Balaban J connectivity index is 2.16. The summed E-state index contributed by atoms with van der Waals surface area (Å²) in [6, 6.07) is 10.8. The van der Waals surface area contributed by atoms with Gasteiger partial charge in [-0.15, -0.1) is 0 Å². The lowest BCUT2D eigenvalue weighted by Crippen LogP contribution is -2.33. The van der Waals surface area contributed by atoms with Crippen molar-refractivity contribution in [3.05, 3.63) is 48.0 Å². The highest BCUT2D eigenvalue weighted by Crippen LogP contribution is 2.32. The fourth-order valence-corrected chi connectivity index (χ4v) is 4.20. The molecule has 12 heteroatoms. The number of primary sulfonamides is 1. The Labute approximate surface area is 151 Å². The standard InChI is InChI=1S/C14H18N6O4S2/c1-16-26(23,24)10-7-5-9(6-8-10)11-3-2-4-12(25(15,21)22)13(11)14-17-19-20-18-14/h2-8,14,16-20H,1H3,(H2,15,21,22). The molecule has 0 spiro atoms. The molecule has 0 atom stereocenters. The largest absolute Gasteiger partial charge is 0.240 e. The first-order valence-electron chi connectivity index (χ1n) is 7.45. The molecule has 2 aromatic carbocycles. The van der Waals surface area contributed by atoms with Gasteiger partial charge in [-0.25, -0.2) is 37.5 Å². The van der Waals surface area contributed by atoms with Crippen molar-refractivity contribution < 1.29 is 16.8 Å². The summed E-state index contributed by atoms with van der Waals surface area (Å²) in [5, 5.41) is 5.36. The molecular formula is C14H18N6O4S2. The molecule has 140 valence electrons. The first-order valence-corrected chi connectivity index (χ1v) is 10.5. The molecular weight excluding hydrogens is 380 g/mol. The van der Waals surface area contributed by atoms with Gasteiger partial charge in [0.15, 0.2) is 0 Å². The van der Waals surface area contributed by atoms with E-state index in [4.69, 9.17) is 5.14 Å². The van der Waals surface area contributed by atoms with Crippen LogP contribution in [0.25, 0.3) is 11.1 Å². The van der Waals surface area contributed by atoms with Gasteiger partial charge in [0.2, 0.25) is 20.0 Å². The Hall–Kier alpha value is -1.90. The molecule has 1 aliphatic rings. The van der Waals surface area contributed by atoms with E-state index in [9.17, 15) is 16.8 Å². The molecule has 3 rings (SSSR count). The number of hydrazine groups is 3. The molecule has 2 aromatic rings. The van der Waals surface area contributed by atoms with Crippen molar-refractivity contribution in [3.8, 4) is 11.1 Å². The molecule has 0 bridgehead atoms. The molecule has 0 saturated carbocycles. The monoisotopic (exact) mass is 398 g/mol. The molecule has 0 amide bonds. The second-order valence-corrected chi connectivity index (χ2v) is 8.88. The van der Waals surface area contributed by atoms with E-state index in [0.29, 0.717) is 16.7 Å². The van der Waals surface area contributed by atoms with Gasteiger partial charge in [0.1, 0.15) is 6.17 Å². The smallest absolute Gasteiger partial charge is 0.225 e. The Morgan fingerprint density at radius 2 is 1.58 bits per heavy atom. The van der Waals surface area contributed by atoms with Gasteiger partial charge in [0, 0.05) is 5.56 Å². The summed E-state index contributed by atoms with van der Waals surface area (Å²) in [4.78, 5) is 0.0609. The third-order valence-electron chi connectivity index (χ3n) is 3.90. The normalized spacial score (nSPS) is 16.1. The van der Waals surface area contributed by atoms with Crippen molar-refractivity contribution in [3.63, 3.8) is 0 Å². The minimum Gasteiger partial charge on any atom is -0.225 e. The van der Waals surface area contributed by atoms with Crippen molar-refractivity contribution in [1.82, 2.24) is 26.6 Å². The maximum Gasteiger partial charge on any atom is 0.240 e. The lowest BCUT2D eigenvalue weighted by molar-refractivity contribution is 0.540. The Morgan fingerprint density at radius 3 is 2.12 bits per heavy atom. The van der Waals surface area contributed by atoms with Gasteiger partial charge < -0.3 is 0 Å². The summed E-state index contributed by atoms with van der Waals surface area (Å²) >= 11 is 0. The van der Waals surface area contributed by atoms with Crippen LogP contribution in [0.4, 0.5) is 0 Å². The van der Waals surface area contributed by atoms with Crippen LogP contribution in [0.3, 0.4) is 0 Å². The molecule has 7 N–H and O–H groups in total. The third kappa shape index (κ3) is 3.62. The van der Waals surface area contributed by atoms with Gasteiger partial charge in [0.25, 0.3) is 0 Å². The van der Waals surface area contributed by atoms with Crippen molar-refractivity contribution in [2.24, 2.45) is 5.14 Å². The third-order valence-corrected chi connectivity index (χ3v) is 6.30. The zero-order valence-corrected chi connectivity index (χ0v) is 15.3. The lowest BCUT2D eigenvalue weighted by atomic mass is 9.98. The first kappa shape index (κ1) is 18.9. The van der Waals surface area contributed by atoms with E-state index in [1.165, 1.54) is 25.2 Å². The Bertz CT molecular complexity index is 1020. The van der Waals surface area contributed by atoms with E-state index >= 15 is 0 Å². The summed E-state index contributed by atoms with van der Waals surface area (Å²) in [6.45, 7) is 0. The molecule has 1 heterocycles. The average molecular weight is 398 g/mol. The van der Waals surface area contributed by atoms with Crippen LogP contribution < -0.4 is 31.8 Å². The minimum absolute atomic E-state index is 0.0441. The maximum atomic E-state index is 12.0. The number of hydrogen-bond acceptors (Lipinski definition) is 8.